The molecule has 0 nitrogen and oxygen atoms in total. The molecular formula is C9H16Cl2Si2. The van der Waals surface area contributed by atoms with Gasteiger partial charge >= 0.3 is 0 Å². The fourth-order valence-corrected chi connectivity index (χ4v) is 8.81. The van der Waals surface area contributed by atoms with Gasteiger partial charge < -0.3 is 0 Å². The molecule has 0 aromatic carbocycles. The fourth-order valence-electron chi connectivity index (χ4n) is 1.46. The molecule has 0 N–H and O–H groups in total. The zero-order valence-electron chi connectivity index (χ0n) is 8.35. The summed E-state index contributed by atoms with van der Waals surface area (Å²) >= 11 is 12.9. The van der Waals surface area contributed by atoms with Crippen LogP contribution < -0.4 is 0 Å². The number of alkyl halides is 2. The van der Waals surface area contributed by atoms with Gasteiger partial charge in [-0.15, -0.1) is 23.2 Å². The van der Waals surface area contributed by atoms with Gasteiger partial charge in [-0.05, 0) is 0 Å². The van der Waals surface area contributed by atoms with E-state index in [0.717, 1.165) is 0 Å². The first-order valence-electron chi connectivity index (χ1n) is 4.63. The van der Waals surface area contributed by atoms with E-state index in [4.69, 9.17) is 23.2 Å². The standard InChI is InChI=1S/C9H16Cl2Si2/c1-12-13(2,3)9(11)7-5-4-6-8(9)10/h4-8H,12H2,1-3H3. The van der Waals surface area contributed by atoms with E-state index in [9.17, 15) is 0 Å². The molecule has 0 saturated carbocycles. The van der Waals surface area contributed by atoms with E-state index >= 15 is 0 Å². The first-order valence-corrected chi connectivity index (χ1v) is 12.2. The lowest BCUT2D eigenvalue weighted by Gasteiger charge is -2.41. The van der Waals surface area contributed by atoms with Gasteiger partial charge in [-0.1, -0.05) is 43.9 Å². The van der Waals surface area contributed by atoms with E-state index in [0.29, 0.717) is 0 Å². The van der Waals surface area contributed by atoms with Crippen molar-refractivity contribution in [2.45, 2.75) is 29.5 Å². The van der Waals surface area contributed by atoms with Crippen LogP contribution in [0.4, 0.5) is 0 Å². The Bertz CT molecular complexity index is 248. The molecule has 2 unspecified atom stereocenters. The molecule has 0 spiro atoms. The lowest BCUT2D eigenvalue weighted by molar-refractivity contribution is 0.933. The molecule has 1 aliphatic rings. The molecule has 1 rings (SSSR count). The van der Waals surface area contributed by atoms with Crippen molar-refractivity contribution in [2.75, 3.05) is 0 Å². The number of hydrogen-bond acceptors (Lipinski definition) is 0. The summed E-state index contributed by atoms with van der Waals surface area (Å²) in [6.45, 7) is 7.04. The van der Waals surface area contributed by atoms with Crippen LogP contribution >= 0.6 is 23.2 Å². The molecule has 0 amide bonds. The van der Waals surface area contributed by atoms with Crippen molar-refractivity contribution in [2.24, 2.45) is 0 Å². The molecule has 2 atom stereocenters. The van der Waals surface area contributed by atoms with Gasteiger partial charge in [0.05, 0.1) is 17.5 Å². The minimum absolute atomic E-state index is 0.0201. The summed E-state index contributed by atoms with van der Waals surface area (Å²) in [7, 11) is -1.38. The Labute approximate surface area is 93.6 Å². The Hall–Kier alpha value is 0.494. The summed E-state index contributed by atoms with van der Waals surface area (Å²) in [6.07, 6.45) is 8.13. The fraction of sp³-hybridized carbons (Fsp3) is 0.556. The van der Waals surface area contributed by atoms with Crippen molar-refractivity contribution in [3.63, 3.8) is 0 Å². The maximum absolute atomic E-state index is 6.64. The maximum Gasteiger partial charge on any atom is 0.0715 e. The van der Waals surface area contributed by atoms with Gasteiger partial charge in [0.25, 0.3) is 0 Å². The predicted molar refractivity (Wildman–Crippen MR) is 68.4 cm³/mol. The summed E-state index contributed by atoms with van der Waals surface area (Å²) in [6, 6.07) is 0. The normalized spacial score (nSPS) is 34.7. The summed E-state index contributed by atoms with van der Waals surface area (Å²) in [5.41, 5.74) is 0. The number of allylic oxidation sites excluding steroid dienone is 4. The molecule has 4 heteroatoms. The van der Waals surface area contributed by atoms with Crippen LogP contribution in [0.3, 0.4) is 0 Å². The van der Waals surface area contributed by atoms with E-state index in [1.54, 1.807) is 0 Å². The van der Waals surface area contributed by atoms with Crippen molar-refractivity contribution in [1.82, 2.24) is 0 Å². The Morgan fingerprint density at radius 1 is 1.38 bits per heavy atom. The first kappa shape index (κ1) is 11.6. The molecule has 0 saturated heterocycles. The van der Waals surface area contributed by atoms with Crippen LogP contribution in [0.5, 0.6) is 0 Å². The topological polar surface area (TPSA) is 0 Å². The second-order valence-corrected chi connectivity index (χ2v) is 18.3. The van der Waals surface area contributed by atoms with Crippen LogP contribution in [0.1, 0.15) is 0 Å². The lowest BCUT2D eigenvalue weighted by Crippen LogP contribution is -2.58. The third-order valence-corrected chi connectivity index (χ3v) is 17.8. The maximum atomic E-state index is 6.64. The van der Waals surface area contributed by atoms with E-state index in [1.165, 1.54) is 0 Å². The zero-order chi connectivity index (χ0) is 10.1. The highest BCUT2D eigenvalue weighted by atomic mass is 35.5. The van der Waals surface area contributed by atoms with Crippen molar-refractivity contribution < 1.29 is 0 Å². The van der Waals surface area contributed by atoms with Crippen LogP contribution in [-0.2, 0) is 0 Å². The third kappa shape index (κ3) is 1.96. The second kappa shape index (κ2) is 3.93. The van der Waals surface area contributed by atoms with Gasteiger partial charge in [-0.25, -0.2) is 0 Å². The molecule has 0 aliphatic heterocycles. The Kier molecular flexibility index (Phi) is 3.50. The first-order chi connectivity index (χ1) is 5.94. The van der Waals surface area contributed by atoms with Crippen LogP contribution in [0.15, 0.2) is 24.3 Å². The van der Waals surface area contributed by atoms with Crippen molar-refractivity contribution in [3.8, 4) is 0 Å². The van der Waals surface area contributed by atoms with Crippen molar-refractivity contribution in [3.05, 3.63) is 24.3 Å². The Morgan fingerprint density at radius 3 is 2.46 bits per heavy atom. The zero-order valence-corrected chi connectivity index (χ0v) is 12.3. The molecule has 1 aliphatic carbocycles. The largest absolute Gasteiger partial charge is 0.117 e. The SMILES string of the molecule is C[SiH2][Si](C)(C)C1(Cl)C=CC=CC1Cl. The summed E-state index contributed by atoms with van der Waals surface area (Å²) in [5.74, 6) is 0. The summed E-state index contributed by atoms with van der Waals surface area (Å²) < 4.78 is -0.246. The molecule has 0 heterocycles. The molecule has 0 aromatic heterocycles. The Balaban J connectivity index is 2.99. The average molecular weight is 251 g/mol. The third-order valence-electron chi connectivity index (χ3n) is 3.05. The monoisotopic (exact) mass is 250 g/mol. The number of rotatable bonds is 2. The molecule has 0 bridgehead atoms. The van der Waals surface area contributed by atoms with Gasteiger partial charge in [0.15, 0.2) is 0 Å². The molecule has 13 heavy (non-hydrogen) atoms. The predicted octanol–water partition coefficient (Wildman–Crippen LogP) is 2.66. The van der Waals surface area contributed by atoms with E-state index in [-0.39, 0.29) is 18.9 Å². The summed E-state index contributed by atoms with van der Waals surface area (Å²) in [4.78, 5) is 0. The van der Waals surface area contributed by atoms with Crippen LogP contribution in [0, 0.1) is 0 Å². The average Bonchev–Trinajstić information content (AvgIpc) is 2.10. The second-order valence-electron chi connectivity index (χ2n) is 4.15. The highest BCUT2D eigenvalue weighted by Gasteiger charge is 2.46. The molecular weight excluding hydrogens is 235 g/mol. The van der Waals surface area contributed by atoms with Gasteiger partial charge in [-0.3, -0.25) is 0 Å². The van der Waals surface area contributed by atoms with Crippen LogP contribution in [0.25, 0.3) is 0 Å². The van der Waals surface area contributed by atoms with Gasteiger partial charge in [0.2, 0.25) is 0 Å². The molecule has 0 fully saturated rings. The number of hydrogen-bond donors (Lipinski definition) is 0. The number of halogens is 2. The Morgan fingerprint density at radius 2 is 2.00 bits per heavy atom. The van der Waals surface area contributed by atoms with Crippen LogP contribution in [0.2, 0.25) is 19.6 Å². The van der Waals surface area contributed by atoms with E-state index in [1.807, 2.05) is 18.2 Å². The van der Waals surface area contributed by atoms with Crippen molar-refractivity contribution in [1.29, 1.82) is 0 Å². The smallest absolute Gasteiger partial charge is 0.0715 e. The van der Waals surface area contributed by atoms with Gasteiger partial charge in [-0.2, -0.15) is 0 Å². The minimum atomic E-state index is -1.33. The molecule has 0 radical (unpaired) electrons. The molecule has 74 valence electrons. The van der Waals surface area contributed by atoms with Gasteiger partial charge in [0.1, 0.15) is 0 Å². The van der Waals surface area contributed by atoms with E-state index in [2.05, 4.69) is 25.7 Å². The van der Waals surface area contributed by atoms with Gasteiger partial charge in [0, 0.05) is 9.04 Å². The van der Waals surface area contributed by atoms with Crippen LogP contribution in [-0.4, -0.2) is 26.5 Å². The van der Waals surface area contributed by atoms with E-state index < -0.39 is 7.59 Å². The van der Waals surface area contributed by atoms with Crippen molar-refractivity contribution >= 4 is 39.8 Å². The molecule has 0 aromatic rings. The minimum Gasteiger partial charge on any atom is -0.117 e. The lowest BCUT2D eigenvalue weighted by atomic mass is 10.2. The summed E-state index contributed by atoms with van der Waals surface area (Å²) in [5, 5.41) is -0.0201. The highest BCUT2D eigenvalue weighted by molar-refractivity contribution is 7.27. The highest BCUT2D eigenvalue weighted by Crippen LogP contribution is 2.38. The quantitative estimate of drug-likeness (QED) is 0.523.